The van der Waals surface area contributed by atoms with Gasteiger partial charge in [0.15, 0.2) is 11.4 Å². The Labute approximate surface area is 182 Å². The predicted molar refractivity (Wildman–Crippen MR) is 113 cm³/mol. The van der Waals surface area contributed by atoms with Crippen molar-refractivity contribution in [3.63, 3.8) is 0 Å². The lowest BCUT2D eigenvalue weighted by molar-refractivity contribution is -0.0526. The molecule has 2 aromatic heterocycles. The summed E-state index contributed by atoms with van der Waals surface area (Å²) in [5.74, 6) is 0.345. The van der Waals surface area contributed by atoms with E-state index in [0.717, 1.165) is 0 Å². The molecule has 170 valence electrons. The van der Waals surface area contributed by atoms with Gasteiger partial charge in [0, 0.05) is 13.3 Å². The number of hydrogen-bond donors (Lipinski definition) is 4. The van der Waals surface area contributed by atoms with Crippen molar-refractivity contribution in [2.24, 2.45) is 4.99 Å². The first kappa shape index (κ1) is 22.3. The van der Waals surface area contributed by atoms with Crippen LogP contribution in [0.1, 0.15) is 5.69 Å². The highest BCUT2D eigenvalue weighted by atomic mass is 31.2. The standard InChI is InChI=1S/C19H22N5O7P/c1-21-10-19(15-8-7-13-18(20)22-11-23-24(13)15)17(26)16(25)14(30-19)9-29-32(27,28)31-12-5-3-2-4-6-12/h2-8,10-11,14,16-17,25-26H,9H2,1H3,(H,27,28)(H2,20,22,23)/t14?,16-,17-,19+/m1/s1. The molecular formula is C19H22N5O7P. The summed E-state index contributed by atoms with van der Waals surface area (Å²) in [6.45, 7) is -0.543. The Bertz CT molecular complexity index is 1170. The second-order valence-electron chi connectivity index (χ2n) is 7.10. The molecule has 1 fully saturated rings. The fourth-order valence-corrected chi connectivity index (χ4v) is 4.39. The van der Waals surface area contributed by atoms with Crippen molar-refractivity contribution >= 4 is 25.4 Å². The molecule has 13 heteroatoms. The summed E-state index contributed by atoms with van der Waals surface area (Å²) in [5.41, 5.74) is 5.05. The third kappa shape index (κ3) is 3.99. The molecule has 0 radical (unpaired) electrons. The molecule has 0 saturated carbocycles. The summed E-state index contributed by atoms with van der Waals surface area (Å²) < 4.78 is 29.7. The summed E-state index contributed by atoms with van der Waals surface area (Å²) in [6, 6.07) is 11.2. The van der Waals surface area contributed by atoms with E-state index in [1.54, 1.807) is 30.3 Å². The Morgan fingerprint density at radius 3 is 2.78 bits per heavy atom. The summed E-state index contributed by atoms with van der Waals surface area (Å²) in [7, 11) is -3.05. The van der Waals surface area contributed by atoms with Gasteiger partial charge in [-0.3, -0.25) is 14.4 Å². The van der Waals surface area contributed by atoms with Gasteiger partial charge in [0.05, 0.1) is 12.3 Å². The second kappa shape index (κ2) is 8.58. The van der Waals surface area contributed by atoms with Crippen LogP contribution in [0.5, 0.6) is 5.75 Å². The van der Waals surface area contributed by atoms with Crippen molar-refractivity contribution in [2.45, 2.75) is 23.9 Å². The summed E-state index contributed by atoms with van der Waals surface area (Å²) >= 11 is 0. The number of aromatic nitrogens is 3. The highest BCUT2D eigenvalue weighted by Gasteiger charge is 2.56. The summed E-state index contributed by atoms with van der Waals surface area (Å²) in [5, 5.41) is 25.7. The Balaban J connectivity index is 1.59. The van der Waals surface area contributed by atoms with Crippen LogP contribution in [0.15, 0.2) is 53.8 Å². The number of rotatable bonds is 7. The van der Waals surface area contributed by atoms with E-state index in [-0.39, 0.29) is 11.6 Å². The average Bonchev–Trinajstić information content (AvgIpc) is 3.30. The van der Waals surface area contributed by atoms with Crippen LogP contribution in [0.25, 0.3) is 5.52 Å². The molecule has 0 bridgehead atoms. The number of nitrogens with two attached hydrogens (primary N) is 1. The number of ether oxygens (including phenoxy) is 1. The van der Waals surface area contributed by atoms with Gasteiger partial charge < -0.3 is 25.2 Å². The third-order valence-electron chi connectivity index (χ3n) is 5.06. The van der Waals surface area contributed by atoms with Crippen LogP contribution >= 0.6 is 7.82 Å². The van der Waals surface area contributed by atoms with E-state index >= 15 is 0 Å². The van der Waals surface area contributed by atoms with E-state index in [1.807, 2.05) is 0 Å². The van der Waals surface area contributed by atoms with Gasteiger partial charge >= 0.3 is 7.82 Å². The number of nitrogens with zero attached hydrogens (tertiary/aromatic N) is 4. The van der Waals surface area contributed by atoms with Gasteiger partial charge in [0.1, 0.15) is 35.9 Å². The van der Waals surface area contributed by atoms with Crippen LogP contribution < -0.4 is 10.3 Å². The number of aliphatic hydroxyl groups is 2. The molecule has 3 heterocycles. The molecule has 3 aromatic rings. The minimum absolute atomic E-state index is 0.135. The molecule has 0 amide bonds. The van der Waals surface area contributed by atoms with Crippen LogP contribution in [-0.4, -0.2) is 67.9 Å². The quantitative estimate of drug-likeness (QED) is 0.286. The Kier molecular flexibility index (Phi) is 5.99. The topological polar surface area (TPSA) is 174 Å². The molecule has 4 rings (SSSR count). The Hall–Kier alpha value is -2.86. The first-order chi connectivity index (χ1) is 15.3. The van der Waals surface area contributed by atoms with Crippen LogP contribution in [0.4, 0.5) is 5.82 Å². The van der Waals surface area contributed by atoms with E-state index in [9.17, 15) is 19.7 Å². The maximum atomic E-state index is 12.3. The number of hydrogen-bond acceptors (Lipinski definition) is 10. The van der Waals surface area contributed by atoms with Gasteiger partial charge in [-0.1, -0.05) is 18.2 Å². The van der Waals surface area contributed by atoms with Gasteiger partial charge in [0.25, 0.3) is 0 Å². The molecule has 0 aliphatic carbocycles. The van der Waals surface area contributed by atoms with E-state index in [2.05, 4.69) is 15.1 Å². The number of anilines is 1. The van der Waals surface area contributed by atoms with Crippen molar-refractivity contribution in [3.8, 4) is 5.75 Å². The number of para-hydroxylation sites is 1. The number of aliphatic imine (C=N–C) groups is 1. The van der Waals surface area contributed by atoms with E-state index in [4.69, 9.17) is 19.5 Å². The van der Waals surface area contributed by atoms with Crippen molar-refractivity contribution in [1.29, 1.82) is 0 Å². The first-order valence-corrected chi connectivity index (χ1v) is 11.0. The fourth-order valence-electron chi connectivity index (χ4n) is 3.61. The molecule has 1 aromatic carbocycles. The molecule has 1 aliphatic heterocycles. The molecule has 1 saturated heterocycles. The number of fused-ring (bicyclic) bond motifs is 1. The van der Waals surface area contributed by atoms with Crippen molar-refractivity contribution < 1.29 is 33.5 Å². The van der Waals surface area contributed by atoms with Gasteiger partial charge in [0.2, 0.25) is 0 Å². The maximum Gasteiger partial charge on any atom is 0.527 e. The third-order valence-corrected chi connectivity index (χ3v) is 5.98. The zero-order valence-corrected chi connectivity index (χ0v) is 17.8. The molecule has 5 N–H and O–H groups in total. The number of aliphatic hydroxyl groups excluding tert-OH is 2. The lowest BCUT2D eigenvalue weighted by Crippen LogP contribution is -2.43. The average molecular weight is 463 g/mol. The highest BCUT2D eigenvalue weighted by Crippen LogP contribution is 2.46. The minimum atomic E-state index is -4.52. The molecule has 0 spiro atoms. The first-order valence-electron chi connectivity index (χ1n) is 9.55. The smallest absolute Gasteiger partial charge is 0.404 e. The molecular weight excluding hydrogens is 441 g/mol. The molecule has 12 nitrogen and oxygen atoms in total. The van der Waals surface area contributed by atoms with Crippen LogP contribution in [0, 0.1) is 0 Å². The minimum Gasteiger partial charge on any atom is -0.404 e. The molecule has 2 unspecified atom stereocenters. The number of benzene rings is 1. The second-order valence-corrected chi connectivity index (χ2v) is 8.48. The fraction of sp³-hybridized carbons (Fsp3) is 0.316. The number of phosphoric acid groups is 1. The van der Waals surface area contributed by atoms with Gasteiger partial charge in [-0.2, -0.15) is 5.10 Å². The summed E-state index contributed by atoms with van der Waals surface area (Å²) in [4.78, 5) is 17.9. The molecule has 32 heavy (non-hydrogen) atoms. The normalized spacial score (nSPS) is 27.7. The number of nitrogen functional groups attached to an aromatic ring is 1. The van der Waals surface area contributed by atoms with Gasteiger partial charge in [-0.25, -0.2) is 14.1 Å². The summed E-state index contributed by atoms with van der Waals surface area (Å²) in [6.07, 6.45) is -1.60. The monoisotopic (exact) mass is 463 g/mol. The van der Waals surface area contributed by atoms with Crippen LogP contribution in [-0.2, 0) is 19.4 Å². The highest BCUT2D eigenvalue weighted by molar-refractivity contribution is 7.47. The zero-order valence-electron chi connectivity index (χ0n) is 16.9. The predicted octanol–water partition coefficient (Wildman–Crippen LogP) is 0.524. The number of phosphoric ester groups is 1. The Morgan fingerprint density at radius 1 is 1.31 bits per heavy atom. The largest absolute Gasteiger partial charge is 0.527 e. The van der Waals surface area contributed by atoms with E-state index in [0.29, 0.717) is 11.2 Å². The van der Waals surface area contributed by atoms with Gasteiger partial charge in [-0.15, -0.1) is 0 Å². The van der Waals surface area contributed by atoms with Crippen molar-refractivity contribution in [2.75, 3.05) is 19.4 Å². The Morgan fingerprint density at radius 2 is 2.06 bits per heavy atom. The van der Waals surface area contributed by atoms with Gasteiger partial charge in [-0.05, 0) is 24.3 Å². The van der Waals surface area contributed by atoms with Crippen molar-refractivity contribution in [1.82, 2.24) is 14.6 Å². The van der Waals surface area contributed by atoms with E-state index in [1.165, 1.54) is 36.2 Å². The van der Waals surface area contributed by atoms with Crippen LogP contribution in [0.3, 0.4) is 0 Å². The lowest BCUT2D eigenvalue weighted by Gasteiger charge is -2.27. The zero-order chi connectivity index (χ0) is 22.9. The van der Waals surface area contributed by atoms with Crippen molar-refractivity contribution in [3.05, 3.63) is 54.5 Å². The molecule has 5 atom stereocenters. The molecule has 1 aliphatic rings. The van der Waals surface area contributed by atoms with Crippen LogP contribution in [0.2, 0.25) is 0 Å². The van der Waals surface area contributed by atoms with E-state index < -0.39 is 38.3 Å². The maximum absolute atomic E-state index is 12.3. The SMILES string of the molecule is CN=C[C@@]1(c2ccc3c(N)ncnn23)OC(COP(=O)(O)Oc2ccccc2)[C@@H](O)[C@H]1O. The lowest BCUT2D eigenvalue weighted by atomic mass is 9.92.